The first kappa shape index (κ1) is 12.4. The quantitative estimate of drug-likeness (QED) is 0.840. The van der Waals surface area contributed by atoms with E-state index in [1.807, 2.05) is 6.07 Å². The van der Waals surface area contributed by atoms with Crippen LogP contribution < -0.4 is 10.5 Å². The first-order chi connectivity index (χ1) is 8.53. The third-order valence-corrected chi connectivity index (χ3v) is 4.49. The van der Waals surface area contributed by atoms with Crippen molar-refractivity contribution in [3.63, 3.8) is 0 Å². The molecule has 92 valence electrons. The Bertz CT molecular complexity index is 714. The normalized spacial score (nSPS) is 10.8. The average Bonchev–Trinajstić information content (AvgIpc) is 2.75. The molecule has 0 aliphatic carbocycles. The van der Waals surface area contributed by atoms with Crippen molar-refractivity contribution in [1.29, 1.82) is 5.26 Å². The summed E-state index contributed by atoms with van der Waals surface area (Å²) >= 11 is 1.16. The molecule has 0 amide bonds. The van der Waals surface area contributed by atoms with Crippen molar-refractivity contribution in [2.45, 2.75) is 4.90 Å². The molecule has 0 spiro atoms. The molecule has 7 heteroatoms. The first-order valence-electron chi connectivity index (χ1n) is 4.89. The van der Waals surface area contributed by atoms with E-state index in [-0.39, 0.29) is 4.90 Å². The molecule has 0 saturated heterocycles. The molecule has 1 aromatic carbocycles. The molecule has 5 nitrogen and oxygen atoms in total. The number of hydrogen-bond acceptors (Lipinski definition) is 5. The van der Waals surface area contributed by atoms with Crippen LogP contribution in [0.1, 0.15) is 5.56 Å². The van der Waals surface area contributed by atoms with Gasteiger partial charge in [0.25, 0.3) is 10.0 Å². The molecule has 1 heterocycles. The van der Waals surface area contributed by atoms with Gasteiger partial charge in [-0.3, -0.25) is 4.72 Å². The van der Waals surface area contributed by atoms with Crippen molar-refractivity contribution in [1.82, 2.24) is 0 Å². The highest BCUT2D eigenvalue weighted by Gasteiger charge is 2.16. The number of rotatable bonds is 3. The number of nitrogens with two attached hydrogens (primary N) is 1. The van der Waals surface area contributed by atoms with E-state index in [2.05, 4.69) is 4.72 Å². The molecule has 18 heavy (non-hydrogen) atoms. The number of nitrogens with zero attached hydrogens (tertiary/aromatic N) is 1. The molecule has 2 rings (SSSR count). The lowest BCUT2D eigenvalue weighted by molar-refractivity contribution is 0.601. The van der Waals surface area contributed by atoms with Gasteiger partial charge in [0, 0.05) is 5.69 Å². The predicted octanol–water partition coefficient (Wildman–Crippen LogP) is 2.00. The largest absolute Gasteiger partial charge is 0.399 e. The zero-order valence-electron chi connectivity index (χ0n) is 9.12. The van der Waals surface area contributed by atoms with Gasteiger partial charge >= 0.3 is 0 Å². The van der Waals surface area contributed by atoms with Gasteiger partial charge in [0.05, 0.1) is 10.5 Å². The number of hydrogen-bond donors (Lipinski definition) is 2. The predicted molar refractivity (Wildman–Crippen MR) is 70.7 cm³/mol. The van der Waals surface area contributed by atoms with Crippen molar-refractivity contribution in [2.24, 2.45) is 0 Å². The molecule has 2 aromatic rings. The smallest absolute Gasteiger partial charge is 0.262 e. The molecule has 0 aliphatic heterocycles. The monoisotopic (exact) mass is 279 g/mol. The molecule has 0 radical (unpaired) electrons. The van der Waals surface area contributed by atoms with Crippen molar-refractivity contribution >= 4 is 32.0 Å². The van der Waals surface area contributed by atoms with E-state index in [0.29, 0.717) is 16.3 Å². The summed E-state index contributed by atoms with van der Waals surface area (Å²) in [6.07, 6.45) is 0. The Hall–Kier alpha value is -2.04. The molecule has 0 saturated carbocycles. The number of benzene rings is 1. The van der Waals surface area contributed by atoms with Crippen LogP contribution >= 0.6 is 11.3 Å². The van der Waals surface area contributed by atoms with Gasteiger partial charge < -0.3 is 5.73 Å². The minimum atomic E-state index is -3.71. The van der Waals surface area contributed by atoms with Gasteiger partial charge in [0.15, 0.2) is 0 Å². The van der Waals surface area contributed by atoms with Crippen LogP contribution in [-0.4, -0.2) is 8.42 Å². The Morgan fingerprint density at radius 2 is 2.11 bits per heavy atom. The second kappa shape index (κ2) is 4.68. The van der Waals surface area contributed by atoms with Crippen LogP contribution in [0.15, 0.2) is 40.6 Å². The minimum Gasteiger partial charge on any atom is -0.399 e. The van der Waals surface area contributed by atoms with E-state index in [0.717, 1.165) is 11.3 Å². The van der Waals surface area contributed by atoms with Crippen molar-refractivity contribution in [2.75, 3.05) is 10.5 Å². The number of nitrogen functional groups attached to an aromatic ring is 1. The maximum absolute atomic E-state index is 12.1. The number of nitrogens with one attached hydrogen (secondary N) is 1. The second-order valence-electron chi connectivity index (χ2n) is 3.45. The fourth-order valence-corrected chi connectivity index (χ4v) is 3.46. The van der Waals surface area contributed by atoms with Gasteiger partial charge in [-0.1, -0.05) is 6.07 Å². The lowest BCUT2D eigenvalue weighted by atomic mass is 10.3. The van der Waals surface area contributed by atoms with Crippen LogP contribution in [-0.2, 0) is 10.0 Å². The van der Waals surface area contributed by atoms with Gasteiger partial charge in [-0.25, -0.2) is 8.42 Å². The molecular weight excluding hydrogens is 270 g/mol. The van der Waals surface area contributed by atoms with Crippen LogP contribution in [0.5, 0.6) is 0 Å². The van der Waals surface area contributed by atoms with Crippen LogP contribution in [0, 0.1) is 11.3 Å². The standard InChI is InChI=1S/C11H9N3O2S2/c12-7-8-4-5-17-11(8)14-18(15,16)10-3-1-2-9(13)6-10/h1-6,14H,13H2. The zero-order valence-corrected chi connectivity index (χ0v) is 10.8. The second-order valence-corrected chi connectivity index (χ2v) is 6.05. The summed E-state index contributed by atoms with van der Waals surface area (Å²) in [5.74, 6) is 0. The molecule has 0 bridgehead atoms. The van der Waals surface area contributed by atoms with Crippen LogP contribution in [0.2, 0.25) is 0 Å². The van der Waals surface area contributed by atoms with Gasteiger partial charge in [-0.15, -0.1) is 11.3 Å². The highest BCUT2D eigenvalue weighted by molar-refractivity contribution is 7.93. The molecule has 0 aliphatic rings. The number of anilines is 2. The van der Waals surface area contributed by atoms with E-state index in [1.165, 1.54) is 12.1 Å². The number of nitriles is 1. The summed E-state index contributed by atoms with van der Waals surface area (Å²) in [5.41, 5.74) is 6.21. The third-order valence-electron chi connectivity index (χ3n) is 2.18. The Labute approximate surface area is 109 Å². The number of sulfonamides is 1. The Morgan fingerprint density at radius 1 is 1.33 bits per heavy atom. The lowest BCUT2D eigenvalue weighted by Gasteiger charge is -2.06. The van der Waals surface area contributed by atoms with Gasteiger partial charge in [-0.05, 0) is 29.6 Å². The molecular formula is C11H9N3O2S2. The molecule has 3 N–H and O–H groups in total. The summed E-state index contributed by atoms with van der Waals surface area (Å²) < 4.78 is 26.5. The van der Waals surface area contributed by atoms with E-state index in [4.69, 9.17) is 11.0 Å². The fraction of sp³-hybridized carbons (Fsp3) is 0. The summed E-state index contributed by atoms with van der Waals surface area (Å²) in [6, 6.07) is 9.44. The maximum Gasteiger partial charge on any atom is 0.262 e. The average molecular weight is 279 g/mol. The van der Waals surface area contributed by atoms with E-state index in [1.54, 1.807) is 23.6 Å². The summed E-state index contributed by atoms with van der Waals surface area (Å²) in [4.78, 5) is 0.0692. The summed E-state index contributed by atoms with van der Waals surface area (Å²) in [5, 5.41) is 10.8. The van der Waals surface area contributed by atoms with Gasteiger partial charge in [0.1, 0.15) is 11.1 Å². The van der Waals surface area contributed by atoms with E-state index >= 15 is 0 Å². The topological polar surface area (TPSA) is 96.0 Å². The van der Waals surface area contributed by atoms with Crippen LogP contribution in [0.4, 0.5) is 10.7 Å². The number of thiophene rings is 1. The Kier molecular flexibility index (Phi) is 3.23. The van der Waals surface area contributed by atoms with Crippen LogP contribution in [0.3, 0.4) is 0 Å². The Morgan fingerprint density at radius 3 is 2.78 bits per heavy atom. The van der Waals surface area contributed by atoms with Crippen LogP contribution in [0.25, 0.3) is 0 Å². The summed E-state index contributed by atoms with van der Waals surface area (Å²) in [6.45, 7) is 0. The maximum atomic E-state index is 12.1. The summed E-state index contributed by atoms with van der Waals surface area (Å²) in [7, 11) is -3.71. The lowest BCUT2D eigenvalue weighted by Crippen LogP contribution is -2.12. The molecule has 0 fully saturated rings. The van der Waals surface area contributed by atoms with Gasteiger partial charge in [-0.2, -0.15) is 5.26 Å². The van der Waals surface area contributed by atoms with Gasteiger partial charge in [0.2, 0.25) is 0 Å². The van der Waals surface area contributed by atoms with E-state index in [9.17, 15) is 8.42 Å². The van der Waals surface area contributed by atoms with Crippen molar-refractivity contribution < 1.29 is 8.42 Å². The highest BCUT2D eigenvalue weighted by Crippen LogP contribution is 2.25. The van der Waals surface area contributed by atoms with Crippen molar-refractivity contribution in [3.8, 4) is 6.07 Å². The first-order valence-corrected chi connectivity index (χ1v) is 7.25. The zero-order chi connectivity index (χ0) is 13.2. The molecule has 0 atom stereocenters. The fourth-order valence-electron chi connectivity index (χ4n) is 1.34. The third kappa shape index (κ3) is 2.45. The highest BCUT2D eigenvalue weighted by atomic mass is 32.2. The minimum absolute atomic E-state index is 0.0692. The molecule has 0 unspecified atom stereocenters. The van der Waals surface area contributed by atoms with Crippen molar-refractivity contribution in [3.05, 3.63) is 41.3 Å². The SMILES string of the molecule is N#Cc1ccsc1NS(=O)(=O)c1cccc(N)c1. The van der Waals surface area contributed by atoms with E-state index < -0.39 is 10.0 Å². The Balaban J connectivity index is 2.37. The molecule has 1 aromatic heterocycles.